The van der Waals surface area contributed by atoms with Gasteiger partial charge in [-0.15, -0.1) is 0 Å². The van der Waals surface area contributed by atoms with Crippen LogP contribution in [0.5, 0.6) is 0 Å². The summed E-state index contributed by atoms with van der Waals surface area (Å²) in [6.07, 6.45) is -60.3. The van der Waals surface area contributed by atoms with E-state index in [2.05, 4.69) is 10.6 Å². The van der Waals surface area contributed by atoms with E-state index in [0.717, 1.165) is 13.8 Å². The molecule has 0 aliphatic carbocycles. The normalized spacial score (nSPS) is 50.3. The molecule has 0 radical (unpaired) electrons. The van der Waals surface area contributed by atoms with Crippen molar-refractivity contribution < 1.29 is 173 Å². The number of aliphatic hydroxyl groups is 20. The molecule has 0 aromatic rings. The predicted octanol–water partition coefficient (Wildman–Crippen LogP) is -14.7. The van der Waals surface area contributed by atoms with Crippen LogP contribution in [-0.4, -0.2) is 369 Å². The van der Waals surface area contributed by atoms with Crippen molar-refractivity contribution in [3.05, 3.63) is 0 Å². The van der Waals surface area contributed by atoms with E-state index in [0.29, 0.717) is 0 Å². The molecule has 0 aromatic heterocycles. The van der Waals surface area contributed by atoms with Crippen molar-refractivity contribution in [1.29, 1.82) is 0 Å². The molecule has 2 amide bonds. The van der Waals surface area contributed by atoms with E-state index in [9.17, 15) is 112 Å². The standard InChI is InChI=1S/C47H80N2O35/c1-11-19(9-72-43-32(66)29(63)23(57)14(4-50)75-43)79-44(35(69)37(11)81-45-33(67)30(64)24(58)15(5-51)76-45)73-10-20-26(60)40(84-46-34(68)31(65)25(59)16(6-52)77-46)36(70)47(80-20)83-39-18(8-54)78-42(22(28(39)62)49-13(3)56)82-38-17(7-53)74-41(71)21(27(38)61)48-12(2)55/h11,14-47,50-54,57-71H,4-10H2,1-3H3,(H,48,55)(H,49,56)/t11-,14?,15?,16?,17?,18?,19?,20?,21?,22?,23-,24+,25+,26-,27-,28-,29?,30?,31?,32-,33+,34+,35?,36?,37+,38-,39-,40+,41?,42+,43+,44+,45+,46+,47+/m1/s1. The molecule has 0 aromatic carbocycles. The van der Waals surface area contributed by atoms with Crippen molar-refractivity contribution in [2.75, 3.05) is 46.2 Å². The van der Waals surface area contributed by atoms with E-state index in [4.69, 9.17) is 61.6 Å². The highest BCUT2D eigenvalue weighted by Gasteiger charge is 2.58. The molecule has 7 aliphatic heterocycles. The summed E-state index contributed by atoms with van der Waals surface area (Å²) in [5, 5.41) is 220. The maximum Gasteiger partial charge on any atom is 0.217 e. The average Bonchev–Trinajstić information content (AvgIpc) is 1.52. The molecule has 22 N–H and O–H groups in total. The highest BCUT2D eigenvalue weighted by molar-refractivity contribution is 5.73. The van der Waals surface area contributed by atoms with Crippen LogP contribution in [0.2, 0.25) is 0 Å². The Kier molecular flexibility index (Phi) is 24.6. The van der Waals surface area contributed by atoms with E-state index in [1.54, 1.807) is 0 Å². The number of rotatable bonds is 21. The second-order valence-corrected chi connectivity index (χ2v) is 21.5. The highest BCUT2D eigenvalue weighted by Crippen LogP contribution is 2.38. The molecule has 7 saturated heterocycles. The molecule has 7 aliphatic rings. The molecule has 0 saturated carbocycles. The van der Waals surface area contributed by atoms with Gasteiger partial charge in [-0.1, -0.05) is 6.92 Å². The maximum atomic E-state index is 12.7. The molecule has 37 heteroatoms. The average molecular weight is 1230 g/mol. The summed E-state index contributed by atoms with van der Waals surface area (Å²) in [6.45, 7) is -2.85. The minimum absolute atomic E-state index is 0.661. The Balaban J connectivity index is 1.17. The van der Waals surface area contributed by atoms with E-state index < -0.39 is 273 Å². The third kappa shape index (κ3) is 14.9. The molecule has 84 heavy (non-hydrogen) atoms. The Hall–Kier alpha value is -2.38. The van der Waals surface area contributed by atoms with E-state index in [1.165, 1.54) is 6.92 Å². The van der Waals surface area contributed by atoms with Crippen LogP contribution >= 0.6 is 0 Å². The van der Waals surface area contributed by atoms with Gasteiger partial charge in [0.25, 0.3) is 0 Å². The molecule has 7 rings (SSSR count). The van der Waals surface area contributed by atoms with Gasteiger partial charge in [0.1, 0.15) is 152 Å². The van der Waals surface area contributed by atoms with Crippen LogP contribution in [0.15, 0.2) is 0 Å². The Morgan fingerprint density at radius 1 is 0.333 bits per heavy atom. The monoisotopic (exact) mass is 1230 g/mol. The Labute approximate surface area is 476 Å². The first-order valence-corrected chi connectivity index (χ1v) is 26.9. The van der Waals surface area contributed by atoms with Gasteiger partial charge >= 0.3 is 0 Å². The lowest BCUT2D eigenvalue weighted by molar-refractivity contribution is -0.386. The summed E-state index contributed by atoms with van der Waals surface area (Å²) in [4.78, 5) is 24.6. The Morgan fingerprint density at radius 2 is 0.667 bits per heavy atom. The van der Waals surface area contributed by atoms with Crippen molar-refractivity contribution in [3.8, 4) is 0 Å². The number of nitrogens with one attached hydrogen (secondary N) is 2. The van der Waals surface area contributed by atoms with Gasteiger partial charge < -0.3 is 174 Å². The quantitative estimate of drug-likeness (QED) is 0.0507. The van der Waals surface area contributed by atoms with Crippen LogP contribution in [0, 0.1) is 5.92 Å². The van der Waals surface area contributed by atoms with Gasteiger partial charge in [-0.3, -0.25) is 9.59 Å². The predicted molar refractivity (Wildman–Crippen MR) is 258 cm³/mol. The summed E-state index contributed by atoms with van der Waals surface area (Å²) in [5.41, 5.74) is 0. The number of hydrogen-bond donors (Lipinski definition) is 22. The van der Waals surface area contributed by atoms with E-state index >= 15 is 0 Å². The van der Waals surface area contributed by atoms with Crippen molar-refractivity contribution in [3.63, 3.8) is 0 Å². The minimum atomic E-state index is -2.31. The van der Waals surface area contributed by atoms with Gasteiger partial charge in [0.2, 0.25) is 11.8 Å². The lowest BCUT2D eigenvalue weighted by Gasteiger charge is -2.50. The SMILES string of the molecule is CC(=O)NC1C(O)OC(CO)[C@@H](O[C@@H]2OC(CO)[C@@H](O[C@@H]3OC(CO[C@H]4OC(CO[C@H]5OC(CO)[C@@H](O)C(O)[C@H]5O)[C@@H](C)[C@H](O[C@@H]5OC(CO)[C@H](O)C(O)[C@@H]5O)C4O)[C@@H](O)[C@H](O[C@@H]4OC(CO)[C@H](O)C(O)[C@@H]4O)C3O)[C@H](O)C2NC(C)=O)[C@@H]1O. The molecular weight excluding hydrogens is 1150 g/mol. The van der Waals surface area contributed by atoms with Crippen molar-refractivity contribution in [2.24, 2.45) is 5.92 Å². The first-order chi connectivity index (χ1) is 39.7. The minimum Gasteiger partial charge on any atom is -0.394 e. The molecule has 15 unspecified atom stereocenters. The van der Waals surface area contributed by atoms with Gasteiger partial charge in [-0.25, -0.2) is 0 Å². The second kappa shape index (κ2) is 30.0. The van der Waals surface area contributed by atoms with Crippen LogP contribution < -0.4 is 10.6 Å². The number of ether oxygens (including phenoxy) is 13. The maximum absolute atomic E-state index is 12.7. The third-order valence-electron chi connectivity index (χ3n) is 15.7. The summed E-state index contributed by atoms with van der Waals surface area (Å²) < 4.78 is 75.5. The molecule has 7 heterocycles. The summed E-state index contributed by atoms with van der Waals surface area (Å²) in [5.74, 6) is -2.69. The van der Waals surface area contributed by atoms with Crippen LogP contribution in [-0.2, 0) is 71.2 Å². The fraction of sp³-hybridized carbons (Fsp3) is 0.957. The van der Waals surface area contributed by atoms with Gasteiger partial charge in [0.05, 0.1) is 58.5 Å². The van der Waals surface area contributed by atoms with Crippen LogP contribution in [0.25, 0.3) is 0 Å². The number of aliphatic hydroxyl groups excluding tert-OH is 20. The lowest BCUT2D eigenvalue weighted by atomic mass is 9.90. The molecule has 0 spiro atoms. The molecule has 35 atom stereocenters. The zero-order valence-electron chi connectivity index (χ0n) is 45.2. The summed E-state index contributed by atoms with van der Waals surface area (Å²) in [6, 6.07) is -3.34. The summed E-state index contributed by atoms with van der Waals surface area (Å²) in [7, 11) is 0. The highest BCUT2D eigenvalue weighted by atomic mass is 16.8. The molecule has 488 valence electrons. The van der Waals surface area contributed by atoms with Crippen LogP contribution in [0.4, 0.5) is 0 Å². The molecular formula is C47H80N2O35. The zero-order valence-corrected chi connectivity index (χ0v) is 45.2. The third-order valence-corrected chi connectivity index (χ3v) is 15.7. The Morgan fingerprint density at radius 3 is 1.15 bits per heavy atom. The largest absolute Gasteiger partial charge is 0.394 e. The van der Waals surface area contributed by atoms with Crippen molar-refractivity contribution in [2.45, 2.75) is 229 Å². The fourth-order valence-corrected chi connectivity index (χ4v) is 10.8. The van der Waals surface area contributed by atoms with Gasteiger partial charge in [-0.2, -0.15) is 0 Å². The fourth-order valence-electron chi connectivity index (χ4n) is 10.8. The Bertz CT molecular complexity index is 2060. The van der Waals surface area contributed by atoms with Gasteiger partial charge in [-0.05, 0) is 0 Å². The number of carbonyl (C=O) groups is 2. The van der Waals surface area contributed by atoms with E-state index in [-0.39, 0.29) is 0 Å². The number of carbonyl (C=O) groups excluding carboxylic acids is 2. The smallest absolute Gasteiger partial charge is 0.217 e. The lowest BCUT2D eigenvalue weighted by Crippen LogP contribution is -2.70. The van der Waals surface area contributed by atoms with Crippen molar-refractivity contribution in [1.82, 2.24) is 10.6 Å². The van der Waals surface area contributed by atoms with Crippen LogP contribution in [0.3, 0.4) is 0 Å². The number of amides is 2. The zero-order chi connectivity index (χ0) is 61.9. The van der Waals surface area contributed by atoms with Gasteiger partial charge in [0, 0.05) is 19.8 Å². The molecule has 0 bridgehead atoms. The van der Waals surface area contributed by atoms with Crippen LogP contribution in [0.1, 0.15) is 20.8 Å². The van der Waals surface area contributed by atoms with Gasteiger partial charge in [0.15, 0.2) is 44.0 Å². The second-order valence-electron chi connectivity index (χ2n) is 21.5. The van der Waals surface area contributed by atoms with E-state index in [1.807, 2.05) is 0 Å². The number of hydrogen-bond acceptors (Lipinski definition) is 35. The molecule has 7 fully saturated rings. The summed E-state index contributed by atoms with van der Waals surface area (Å²) >= 11 is 0. The first-order valence-electron chi connectivity index (χ1n) is 26.9. The first kappa shape index (κ1) is 69.1. The van der Waals surface area contributed by atoms with Crippen molar-refractivity contribution >= 4 is 11.8 Å². The topological polar surface area (TPSA) is 583 Å². The molecule has 37 nitrogen and oxygen atoms in total.